The molecular formula is C20H17N3O5. The number of benzene rings is 2. The number of carbonyl (C=O) groups excluding carboxylic acids is 2. The molecule has 0 aliphatic heterocycles. The van der Waals surface area contributed by atoms with Crippen LogP contribution in [0.25, 0.3) is 0 Å². The maximum Gasteiger partial charge on any atom is 0.433 e. The van der Waals surface area contributed by atoms with E-state index in [9.17, 15) is 19.7 Å². The Morgan fingerprint density at radius 1 is 1.04 bits per heavy atom. The Morgan fingerprint density at radius 3 is 2.39 bits per heavy atom. The summed E-state index contributed by atoms with van der Waals surface area (Å²) in [5.41, 5.74) is 1.56. The van der Waals surface area contributed by atoms with Crippen LogP contribution >= 0.6 is 0 Å². The van der Waals surface area contributed by atoms with E-state index in [1.165, 1.54) is 11.0 Å². The van der Waals surface area contributed by atoms with Gasteiger partial charge in [-0.25, -0.2) is 0 Å². The molecule has 0 fully saturated rings. The summed E-state index contributed by atoms with van der Waals surface area (Å²) in [4.78, 5) is 36.7. The van der Waals surface area contributed by atoms with Crippen molar-refractivity contribution in [3.05, 3.63) is 93.7 Å². The van der Waals surface area contributed by atoms with Gasteiger partial charge in [0.1, 0.15) is 4.92 Å². The van der Waals surface area contributed by atoms with Crippen LogP contribution in [0.15, 0.2) is 71.1 Å². The van der Waals surface area contributed by atoms with Crippen molar-refractivity contribution in [1.82, 2.24) is 4.90 Å². The quantitative estimate of drug-likeness (QED) is 0.519. The number of nitrogens with zero attached hydrogens (tertiary/aromatic N) is 2. The largest absolute Gasteiger partial charge is 0.433 e. The maximum absolute atomic E-state index is 12.8. The molecule has 0 saturated carbocycles. The minimum Gasteiger partial charge on any atom is -0.395 e. The zero-order valence-electron chi connectivity index (χ0n) is 15.0. The van der Waals surface area contributed by atoms with Gasteiger partial charge in [0.05, 0.1) is 17.3 Å². The fourth-order valence-corrected chi connectivity index (χ4v) is 2.65. The summed E-state index contributed by atoms with van der Waals surface area (Å²) in [5.74, 6) is -1.70. The van der Waals surface area contributed by atoms with Gasteiger partial charge < -0.3 is 14.6 Å². The third-order valence-electron chi connectivity index (χ3n) is 4.01. The summed E-state index contributed by atoms with van der Waals surface area (Å²) >= 11 is 0. The molecule has 8 heteroatoms. The standard InChI is InChI=1S/C20H17N3O5/c1-22(13-14-7-3-2-4-8-14)20(25)15-9-5-6-10-16(15)21-19(24)17-11-12-18(28-17)23(26)27/h2-12H,13H2,1H3,(H,21,24). The molecule has 3 aromatic rings. The van der Waals surface area contributed by atoms with Crippen LogP contribution in [0.5, 0.6) is 0 Å². The molecule has 28 heavy (non-hydrogen) atoms. The summed E-state index contributed by atoms with van der Waals surface area (Å²) in [6.07, 6.45) is 0. The molecule has 2 amide bonds. The van der Waals surface area contributed by atoms with Crippen LogP contribution in [-0.4, -0.2) is 28.7 Å². The van der Waals surface area contributed by atoms with E-state index in [1.807, 2.05) is 30.3 Å². The zero-order valence-corrected chi connectivity index (χ0v) is 15.0. The molecule has 0 aliphatic rings. The fraction of sp³-hybridized carbons (Fsp3) is 0.100. The van der Waals surface area contributed by atoms with Gasteiger partial charge in [0.15, 0.2) is 5.76 Å². The van der Waals surface area contributed by atoms with Crippen LogP contribution in [0, 0.1) is 10.1 Å². The molecule has 142 valence electrons. The molecule has 0 saturated heterocycles. The van der Waals surface area contributed by atoms with Crippen molar-refractivity contribution in [2.75, 3.05) is 12.4 Å². The van der Waals surface area contributed by atoms with Gasteiger partial charge >= 0.3 is 5.88 Å². The number of nitrogens with one attached hydrogen (secondary N) is 1. The first-order chi connectivity index (χ1) is 13.5. The summed E-state index contributed by atoms with van der Waals surface area (Å²) in [6.45, 7) is 0.409. The van der Waals surface area contributed by atoms with Crippen molar-refractivity contribution in [3.8, 4) is 0 Å². The minimum absolute atomic E-state index is 0.216. The van der Waals surface area contributed by atoms with E-state index in [0.717, 1.165) is 11.6 Å². The molecule has 0 unspecified atom stereocenters. The van der Waals surface area contributed by atoms with Gasteiger partial charge in [-0.3, -0.25) is 19.7 Å². The van der Waals surface area contributed by atoms with E-state index in [0.29, 0.717) is 12.1 Å². The number of amides is 2. The van der Waals surface area contributed by atoms with Gasteiger partial charge in [0, 0.05) is 13.6 Å². The molecule has 1 heterocycles. The average molecular weight is 379 g/mol. The van der Waals surface area contributed by atoms with Gasteiger partial charge in [-0.15, -0.1) is 0 Å². The first kappa shape index (κ1) is 18.8. The van der Waals surface area contributed by atoms with E-state index in [1.54, 1.807) is 31.3 Å². The lowest BCUT2D eigenvalue weighted by atomic mass is 10.1. The number of hydrogen-bond donors (Lipinski definition) is 1. The van der Waals surface area contributed by atoms with E-state index < -0.39 is 16.7 Å². The Labute approximate surface area is 160 Å². The van der Waals surface area contributed by atoms with E-state index in [2.05, 4.69) is 5.32 Å². The van der Waals surface area contributed by atoms with Gasteiger partial charge in [-0.2, -0.15) is 0 Å². The smallest absolute Gasteiger partial charge is 0.395 e. The van der Waals surface area contributed by atoms with E-state index in [4.69, 9.17) is 4.42 Å². The number of furan rings is 1. The highest BCUT2D eigenvalue weighted by atomic mass is 16.6. The lowest BCUT2D eigenvalue weighted by Gasteiger charge is -2.19. The average Bonchev–Trinajstić information content (AvgIpc) is 3.19. The minimum atomic E-state index is -0.729. The Morgan fingerprint density at radius 2 is 1.71 bits per heavy atom. The van der Waals surface area contributed by atoms with Gasteiger partial charge in [0.25, 0.3) is 11.8 Å². The number of carbonyl (C=O) groups is 2. The van der Waals surface area contributed by atoms with Crippen molar-refractivity contribution >= 4 is 23.4 Å². The summed E-state index contributed by atoms with van der Waals surface area (Å²) < 4.78 is 4.90. The van der Waals surface area contributed by atoms with Crippen LogP contribution in [0.1, 0.15) is 26.5 Å². The van der Waals surface area contributed by atoms with Crippen molar-refractivity contribution in [1.29, 1.82) is 0 Å². The van der Waals surface area contributed by atoms with Gasteiger partial charge in [0.2, 0.25) is 0 Å². The molecule has 0 radical (unpaired) electrons. The number of para-hydroxylation sites is 1. The third kappa shape index (κ3) is 4.24. The highest BCUT2D eigenvalue weighted by Gasteiger charge is 2.21. The number of hydrogen-bond acceptors (Lipinski definition) is 5. The molecular weight excluding hydrogens is 362 g/mol. The predicted molar refractivity (Wildman–Crippen MR) is 102 cm³/mol. The predicted octanol–water partition coefficient (Wildman–Crippen LogP) is 3.71. The first-order valence-corrected chi connectivity index (χ1v) is 8.39. The van der Waals surface area contributed by atoms with Crippen LogP contribution in [0.3, 0.4) is 0 Å². The Hall–Kier alpha value is -3.94. The third-order valence-corrected chi connectivity index (χ3v) is 4.01. The summed E-state index contributed by atoms with van der Waals surface area (Å²) in [7, 11) is 1.67. The summed E-state index contributed by atoms with van der Waals surface area (Å²) in [5, 5.41) is 13.3. The second kappa shape index (κ2) is 8.17. The van der Waals surface area contributed by atoms with Crippen molar-refractivity contribution in [2.24, 2.45) is 0 Å². The summed E-state index contributed by atoms with van der Waals surface area (Å²) in [6, 6.07) is 18.4. The Balaban J connectivity index is 1.77. The maximum atomic E-state index is 12.8. The van der Waals surface area contributed by atoms with Crippen LogP contribution in [0.2, 0.25) is 0 Å². The van der Waals surface area contributed by atoms with Crippen molar-refractivity contribution in [2.45, 2.75) is 6.54 Å². The van der Waals surface area contributed by atoms with Crippen LogP contribution in [0.4, 0.5) is 11.6 Å². The normalized spacial score (nSPS) is 10.3. The molecule has 1 aromatic heterocycles. The molecule has 2 aromatic carbocycles. The molecule has 0 spiro atoms. The number of anilines is 1. The number of nitro groups is 1. The van der Waals surface area contributed by atoms with Crippen LogP contribution in [-0.2, 0) is 6.54 Å². The van der Waals surface area contributed by atoms with E-state index >= 15 is 0 Å². The molecule has 0 bridgehead atoms. The molecule has 8 nitrogen and oxygen atoms in total. The van der Waals surface area contributed by atoms with Crippen molar-refractivity contribution < 1.29 is 18.9 Å². The highest BCUT2D eigenvalue weighted by Crippen LogP contribution is 2.21. The monoisotopic (exact) mass is 379 g/mol. The topological polar surface area (TPSA) is 106 Å². The van der Waals surface area contributed by atoms with Crippen molar-refractivity contribution in [3.63, 3.8) is 0 Å². The molecule has 3 rings (SSSR count). The highest BCUT2D eigenvalue weighted by molar-refractivity contribution is 6.07. The second-order valence-corrected chi connectivity index (χ2v) is 6.04. The lowest BCUT2D eigenvalue weighted by Crippen LogP contribution is -2.27. The number of rotatable bonds is 6. The Bertz CT molecular complexity index is 1010. The molecule has 0 atom stereocenters. The molecule has 0 aliphatic carbocycles. The first-order valence-electron chi connectivity index (χ1n) is 8.39. The lowest BCUT2D eigenvalue weighted by molar-refractivity contribution is -0.402. The second-order valence-electron chi connectivity index (χ2n) is 6.04. The van der Waals surface area contributed by atoms with Gasteiger partial charge in [-0.05, 0) is 23.8 Å². The fourth-order valence-electron chi connectivity index (χ4n) is 2.65. The molecule has 1 N–H and O–H groups in total. The van der Waals surface area contributed by atoms with Crippen LogP contribution < -0.4 is 5.32 Å². The zero-order chi connectivity index (χ0) is 20.1. The van der Waals surface area contributed by atoms with E-state index in [-0.39, 0.29) is 17.4 Å². The Kier molecular flexibility index (Phi) is 5.50. The van der Waals surface area contributed by atoms with Gasteiger partial charge in [-0.1, -0.05) is 42.5 Å². The SMILES string of the molecule is CN(Cc1ccccc1)C(=O)c1ccccc1NC(=O)c1ccc([N+](=O)[O-])o1.